The Morgan fingerprint density at radius 3 is 2.70 bits per heavy atom. The predicted octanol–water partition coefficient (Wildman–Crippen LogP) is 0.980. The molecule has 2 aliphatic rings. The number of ketones is 1. The lowest BCUT2D eigenvalue weighted by molar-refractivity contribution is -0.147. The quantitative estimate of drug-likeness (QED) is 0.566. The molecule has 0 radical (unpaired) electrons. The van der Waals surface area contributed by atoms with Crippen LogP contribution in [0, 0.1) is 0 Å². The molecule has 23 heavy (non-hydrogen) atoms. The molecule has 0 unspecified atom stereocenters. The van der Waals surface area contributed by atoms with E-state index in [1.54, 1.807) is 18.2 Å². The normalized spacial score (nSPS) is 28.4. The van der Waals surface area contributed by atoms with Gasteiger partial charge < -0.3 is 20.3 Å². The lowest BCUT2D eigenvalue weighted by Crippen LogP contribution is -2.56. The highest BCUT2D eigenvalue weighted by atomic mass is 16.5. The topological polar surface area (TPSA) is 95.9 Å². The van der Waals surface area contributed by atoms with E-state index in [1.807, 2.05) is 6.92 Å². The Labute approximate surface area is 133 Å². The Kier molecular flexibility index (Phi) is 3.54. The van der Waals surface area contributed by atoms with E-state index in [4.69, 9.17) is 4.74 Å². The molecule has 6 heteroatoms. The maximum atomic E-state index is 12.7. The Morgan fingerprint density at radius 1 is 1.30 bits per heavy atom. The lowest BCUT2D eigenvalue weighted by Gasteiger charge is -2.31. The zero-order valence-electron chi connectivity index (χ0n) is 13.0. The lowest BCUT2D eigenvalue weighted by atomic mass is 9.85. The Balaban J connectivity index is 2.04. The van der Waals surface area contributed by atoms with Gasteiger partial charge in [0.25, 0.3) is 0 Å². The van der Waals surface area contributed by atoms with E-state index < -0.39 is 23.1 Å². The van der Waals surface area contributed by atoms with Crippen LogP contribution in [0.3, 0.4) is 0 Å². The predicted molar refractivity (Wildman–Crippen MR) is 81.3 cm³/mol. The highest BCUT2D eigenvalue weighted by Crippen LogP contribution is 2.51. The van der Waals surface area contributed by atoms with E-state index in [2.05, 4.69) is 5.32 Å². The summed E-state index contributed by atoms with van der Waals surface area (Å²) in [5, 5.41) is 24.7. The maximum Gasteiger partial charge on any atom is 0.339 e. The molecular formula is C17H19NO5. The van der Waals surface area contributed by atoms with Gasteiger partial charge in [0, 0.05) is 16.8 Å². The van der Waals surface area contributed by atoms with Crippen LogP contribution >= 0.6 is 0 Å². The molecule has 122 valence electrons. The zero-order valence-corrected chi connectivity index (χ0v) is 13.0. The number of hydrogen-bond acceptors (Lipinski definition) is 6. The molecule has 1 aliphatic carbocycles. The molecule has 1 aliphatic heterocycles. The summed E-state index contributed by atoms with van der Waals surface area (Å²) in [6.45, 7) is 3.68. The van der Waals surface area contributed by atoms with Gasteiger partial charge in [0.1, 0.15) is 5.57 Å². The second-order valence-electron chi connectivity index (χ2n) is 5.91. The number of carbonyl (C=O) groups is 2. The molecule has 0 bridgehead atoms. The minimum absolute atomic E-state index is 0.191. The number of fused-ring (bicyclic) bond motifs is 3. The molecule has 0 aromatic heterocycles. The van der Waals surface area contributed by atoms with Crippen LogP contribution in [0.5, 0.6) is 0 Å². The number of nitrogens with one attached hydrogen (secondary N) is 1. The summed E-state index contributed by atoms with van der Waals surface area (Å²) >= 11 is 0. The van der Waals surface area contributed by atoms with Gasteiger partial charge in [-0.1, -0.05) is 37.6 Å². The van der Waals surface area contributed by atoms with Crippen molar-refractivity contribution in [1.82, 2.24) is 5.32 Å². The molecule has 1 aromatic rings. The fourth-order valence-electron chi connectivity index (χ4n) is 3.29. The second kappa shape index (κ2) is 5.18. The smallest absolute Gasteiger partial charge is 0.339 e. The van der Waals surface area contributed by atoms with E-state index >= 15 is 0 Å². The van der Waals surface area contributed by atoms with Crippen LogP contribution in [0.1, 0.15) is 42.6 Å². The summed E-state index contributed by atoms with van der Waals surface area (Å²) in [7, 11) is 0. The number of allylic oxidation sites excluding steroid dienone is 1. The van der Waals surface area contributed by atoms with Crippen LogP contribution in [0.4, 0.5) is 0 Å². The molecule has 0 fully saturated rings. The number of unbranched alkanes of at least 4 members (excludes halogenated alkanes) is 1. The van der Waals surface area contributed by atoms with E-state index in [9.17, 15) is 19.8 Å². The fourth-order valence-corrected chi connectivity index (χ4v) is 3.29. The largest absolute Gasteiger partial charge is 0.462 e. The van der Waals surface area contributed by atoms with Crippen molar-refractivity contribution in [3.63, 3.8) is 0 Å². The van der Waals surface area contributed by atoms with Gasteiger partial charge in [0.15, 0.2) is 0 Å². The van der Waals surface area contributed by atoms with Crippen molar-refractivity contribution in [3.8, 4) is 0 Å². The van der Waals surface area contributed by atoms with Crippen molar-refractivity contribution >= 4 is 11.8 Å². The highest BCUT2D eigenvalue weighted by Gasteiger charge is 2.70. The number of benzene rings is 1. The average molecular weight is 317 g/mol. The number of hydrogen-bond donors (Lipinski definition) is 3. The van der Waals surface area contributed by atoms with Gasteiger partial charge in [-0.2, -0.15) is 0 Å². The van der Waals surface area contributed by atoms with Gasteiger partial charge in [0.05, 0.1) is 6.61 Å². The summed E-state index contributed by atoms with van der Waals surface area (Å²) in [4.78, 5) is 25.1. The number of esters is 1. The van der Waals surface area contributed by atoms with Crippen molar-refractivity contribution in [2.24, 2.45) is 0 Å². The summed E-state index contributed by atoms with van der Waals surface area (Å²) in [5.74, 6) is -1.49. The van der Waals surface area contributed by atoms with E-state index in [0.717, 1.165) is 6.42 Å². The number of ether oxygens (including phenoxy) is 1. The zero-order chi connectivity index (χ0) is 16.8. The van der Waals surface area contributed by atoms with Crippen molar-refractivity contribution in [2.45, 2.75) is 38.0 Å². The molecule has 0 amide bonds. The van der Waals surface area contributed by atoms with Gasteiger partial charge in [-0.3, -0.25) is 4.79 Å². The third kappa shape index (κ3) is 1.88. The molecule has 6 nitrogen and oxygen atoms in total. The number of carbonyl (C=O) groups excluding carboxylic acids is 2. The molecule has 3 rings (SSSR count). The number of aliphatic hydroxyl groups is 2. The third-order valence-electron chi connectivity index (χ3n) is 4.45. The Morgan fingerprint density at radius 2 is 2.00 bits per heavy atom. The number of Topliss-reactive ketones (excluding diaryl/α,β-unsaturated/α-hetero) is 1. The molecule has 3 N–H and O–H groups in total. The van der Waals surface area contributed by atoms with Crippen molar-refractivity contribution in [1.29, 1.82) is 0 Å². The maximum absolute atomic E-state index is 12.7. The first kappa shape index (κ1) is 15.7. The third-order valence-corrected chi connectivity index (χ3v) is 4.45. The molecule has 1 aromatic carbocycles. The minimum atomic E-state index is -2.37. The molecular weight excluding hydrogens is 298 g/mol. The number of rotatable bonds is 4. The van der Waals surface area contributed by atoms with Crippen LogP contribution in [-0.4, -0.2) is 34.2 Å². The van der Waals surface area contributed by atoms with E-state index in [-0.39, 0.29) is 29.0 Å². The van der Waals surface area contributed by atoms with Crippen LogP contribution in [-0.2, 0) is 15.3 Å². The van der Waals surface area contributed by atoms with Crippen LogP contribution in [0.2, 0.25) is 0 Å². The summed E-state index contributed by atoms with van der Waals surface area (Å²) < 4.78 is 5.14. The van der Waals surface area contributed by atoms with Crippen molar-refractivity contribution in [2.75, 3.05) is 6.61 Å². The first-order valence-electron chi connectivity index (χ1n) is 7.63. The summed E-state index contributed by atoms with van der Waals surface area (Å²) in [5.41, 5.74) is -3.97. The minimum Gasteiger partial charge on any atom is -0.462 e. The van der Waals surface area contributed by atoms with Crippen LogP contribution in [0.25, 0.3) is 0 Å². The van der Waals surface area contributed by atoms with Gasteiger partial charge in [-0.25, -0.2) is 4.79 Å². The first-order valence-corrected chi connectivity index (χ1v) is 7.63. The van der Waals surface area contributed by atoms with Crippen LogP contribution in [0.15, 0.2) is 35.5 Å². The molecule has 1 heterocycles. The summed E-state index contributed by atoms with van der Waals surface area (Å²) in [6, 6.07) is 6.37. The molecule has 0 saturated carbocycles. The molecule has 0 spiro atoms. The van der Waals surface area contributed by atoms with Gasteiger partial charge in [-0.05, 0) is 13.3 Å². The van der Waals surface area contributed by atoms with Crippen molar-refractivity contribution in [3.05, 3.63) is 46.7 Å². The van der Waals surface area contributed by atoms with Crippen molar-refractivity contribution < 1.29 is 24.5 Å². The van der Waals surface area contributed by atoms with Crippen LogP contribution < -0.4 is 5.32 Å². The van der Waals surface area contributed by atoms with E-state index in [0.29, 0.717) is 6.42 Å². The fraction of sp³-hybridized carbons (Fsp3) is 0.412. The molecule has 0 saturated heterocycles. The van der Waals surface area contributed by atoms with E-state index in [1.165, 1.54) is 13.0 Å². The highest BCUT2D eigenvalue weighted by molar-refractivity contribution is 6.16. The second-order valence-corrected chi connectivity index (χ2v) is 5.91. The molecule has 2 atom stereocenters. The Hall–Kier alpha value is -2.18. The summed E-state index contributed by atoms with van der Waals surface area (Å²) in [6.07, 6.45) is 1.53. The van der Waals surface area contributed by atoms with Gasteiger partial charge in [-0.15, -0.1) is 0 Å². The standard InChI is InChI=1S/C17H19NO5/c1-3-4-9-23-15(20)13-10(2)18-17(22)12-8-6-5-7-11(12)14(19)16(13,17)21/h5-8,18,21-22H,3-4,9H2,1-2H3/t16-,17-/m0/s1. The SMILES string of the molecule is CCCCOC(=O)C1=C(C)N[C@]2(O)c3ccccc3C(=O)[C@@]12O. The van der Waals surface area contributed by atoms with Gasteiger partial charge >= 0.3 is 5.97 Å². The average Bonchev–Trinajstić information content (AvgIpc) is 2.83. The Bertz CT molecular complexity index is 725. The monoisotopic (exact) mass is 317 g/mol. The van der Waals surface area contributed by atoms with Gasteiger partial charge in [0.2, 0.25) is 17.1 Å². The first-order chi connectivity index (χ1) is 10.9.